The molecular weight excluding hydrogens is 326 g/mol. The number of nitrogens with one attached hydrogen (secondary N) is 1. The van der Waals surface area contributed by atoms with Crippen LogP contribution in [-0.2, 0) is 6.42 Å². The lowest BCUT2D eigenvalue weighted by Gasteiger charge is -2.07. The Balaban J connectivity index is 2.15. The summed E-state index contributed by atoms with van der Waals surface area (Å²) in [6.07, 6.45) is 4.07. The number of primary amides is 1. The molecule has 3 N–H and O–H groups in total. The molecule has 0 saturated heterocycles. The van der Waals surface area contributed by atoms with Crippen LogP contribution >= 0.6 is 11.8 Å². The smallest absolute Gasteiger partial charge is 0.251 e. The summed E-state index contributed by atoms with van der Waals surface area (Å²) in [5.41, 5.74) is 7.22. The SMILES string of the molecule is CCOc1nc(Sc2cccnc2)nc2[nH]c(CC)c(C(N)=O)c12. The third-order valence-electron chi connectivity index (χ3n) is 3.40. The van der Waals surface area contributed by atoms with Crippen LogP contribution in [0.2, 0.25) is 0 Å². The fourth-order valence-electron chi connectivity index (χ4n) is 2.43. The minimum absolute atomic E-state index is 0.360. The van der Waals surface area contributed by atoms with E-state index in [9.17, 15) is 4.79 Å². The van der Waals surface area contributed by atoms with Gasteiger partial charge in [-0.25, -0.2) is 4.98 Å². The first-order valence-electron chi connectivity index (χ1n) is 7.57. The van der Waals surface area contributed by atoms with E-state index in [0.717, 1.165) is 10.6 Å². The normalized spacial score (nSPS) is 10.9. The van der Waals surface area contributed by atoms with Crippen LogP contribution in [0.4, 0.5) is 0 Å². The van der Waals surface area contributed by atoms with Gasteiger partial charge in [0.25, 0.3) is 5.91 Å². The third-order valence-corrected chi connectivity index (χ3v) is 4.24. The molecule has 0 bridgehead atoms. The molecule has 0 aliphatic carbocycles. The second-order valence-electron chi connectivity index (χ2n) is 4.96. The Morgan fingerprint density at radius 1 is 1.38 bits per heavy atom. The number of aromatic amines is 1. The van der Waals surface area contributed by atoms with E-state index < -0.39 is 5.91 Å². The topological polar surface area (TPSA) is 107 Å². The Morgan fingerprint density at radius 3 is 2.83 bits per heavy atom. The highest BCUT2D eigenvalue weighted by atomic mass is 32.2. The van der Waals surface area contributed by atoms with Crippen LogP contribution in [0, 0.1) is 0 Å². The Kier molecular flexibility index (Phi) is 4.66. The molecule has 7 nitrogen and oxygen atoms in total. The Bertz CT molecular complexity index is 879. The fourth-order valence-corrected chi connectivity index (χ4v) is 3.17. The van der Waals surface area contributed by atoms with Crippen LogP contribution in [0.3, 0.4) is 0 Å². The van der Waals surface area contributed by atoms with Gasteiger partial charge >= 0.3 is 0 Å². The van der Waals surface area contributed by atoms with Crippen LogP contribution in [0.15, 0.2) is 34.6 Å². The predicted molar refractivity (Wildman–Crippen MR) is 91.3 cm³/mol. The van der Waals surface area contributed by atoms with Gasteiger partial charge in [-0.3, -0.25) is 9.78 Å². The number of aromatic nitrogens is 4. The first-order valence-corrected chi connectivity index (χ1v) is 8.38. The van der Waals surface area contributed by atoms with Crippen molar-refractivity contribution in [2.24, 2.45) is 5.73 Å². The van der Waals surface area contributed by atoms with Gasteiger partial charge in [0.05, 0.1) is 17.6 Å². The average molecular weight is 343 g/mol. The van der Waals surface area contributed by atoms with Crippen LogP contribution < -0.4 is 10.5 Å². The molecule has 0 atom stereocenters. The molecule has 3 rings (SSSR count). The molecule has 3 heterocycles. The summed E-state index contributed by atoms with van der Waals surface area (Å²) in [4.78, 5) is 29.0. The van der Waals surface area contributed by atoms with E-state index in [0.29, 0.717) is 40.7 Å². The molecule has 1 amide bonds. The second-order valence-corrected chi connectivity index (χ2v) is 6.00. The summed E-state index contributed by atoms with van der Waals surface area (Å²) in [6.45, 7) is 4.23. The van der Waals surface area contributed by atoms with Crippen molar-refractivity contribution in [2.75, 3.05) is 6.61 Å². The number of fused-ring (bicyclic) bond motifs is 1. The molecule has 124 valence electrons. The first-order chi connectivity index (χ1) is 11.6. The zero-order valence-corrected chi connectivity index (χ0v) is 14.2. The standard InChI is InChI=1S/C16H17N5O2S/c1-3-10-11(13(17)22)12-14(19-10)20-16(21-15(12)23-4-2)24-9-6-5-7-18-8-9/h5-8H,3-4H2,1-2H3,(H2,17,22)(H,19,20,21). The number of pyridine rings is 1. The third kappa shape index (κ3) is 3.05. The van der Waals surface area contributed by atoms with Gasteiger partial charge in [-0.1, -0.05) is 6.92 Å². The molecule has 0 aliphatic heterocycles. The van der Waals surface area contributed by atoms with Gasteiger partial charge in [0.1, 0.15) is 5.65 Å². The number of amides is 1. The van der Waals surface area contributed by atoms with E-state index >= 15 is 0 Å². The molecular formula is C16H17N5O2S. The number of aryl methyl sites for hydroxylation is 1. The van der Waals surface area contributed by atoms with Gasteiger partial charge in [-0.2, -0.15) is 4.98 Å². The van der Waals surface area contributed by atoms with Gasteiger partial charge in [-0.15, -0.1) is 0 Å². The van der Waals surface area contributed by atoms with Gasteiger partial charge < -0.3 is 15.5 Å². The van der Waals surface area contributed by atoms with Crippen molar-refractivity contribution in [3.63, 3.8) is 0 Å². The second kappa shape index (κ2) is 6.88. The molecule has 8 heteroatoms. The summed E-state index contributed by atoms with van der Waals surface area (Å²) < 4.78 is 5.64. The van der Waals surface area contributed by atoms with Crippen molar-refractivity contribution in [2.45, 2.75) is 30.3 Å². The first kappa shape index (κ1) is 16.3. The molecule has 3 aromatic rings. The monoisotopic (exact) mass is 343 g/mol. The molecule has 0 saturated carbocycles. The number of nitrogens with zero attached hydrogens (tertiary/aromatic N) is 3. The number of carbonyl (C=O) groups is 1. The van der Waals surface area contributed by atoms with Crippen molar-refractivity contribution >= 4 is 28.7 Å². The minimum atomic E-state index is -0.518. The largest absolute Gasteiger partial charge is 0.477 e. The molecule has 0 aromatic carbocycles. The number of H-pyrrole nitrogens is 1. The zero-order chi connectivity index (χ0) is 17.1. The number of ether oxygens (including phenoxy) is 1. The van der Waals surface area contributed by atoms with Crippen LogP contribution in [0.5, 0.6) is 5.88 Å². The highest BCUT2D eigenvalue weighted by molar-refractivity contribution is 7.99. The maximum atomic E-state index is 11.9. The molecule has 0 aliphatic rings. The molecule has 24 heavy (non-hydrogen) atoms. The molecule has 0 radical (unpaired) electrons. The lowest BCUT2D eigenvalue weighted by Crippen LogP contribution is -2.13. The summed E-state index contributed by atoms with van der Waals surface area (Å²) in [6, 6.07) is 3.77. The van der Waals surface area contributed by atoms with E-state index in [-0.39, 0.29) is 0 Å². The van der Waals surface area contributed by atoms with E-state index in [1.54, 1.807) is 12.4 Å². The zero-order valence-electron chi connectivity index (χ0n) is 13.4. The van der Waals surface area contributed by atoms with Crippen molar-refractivity contribution in [1.82, 2.24) is 19.9 Å². The quantitative estimate of drug-likeness (QED) is 0.666. The molecule has 0 fully saturated rings. The Morgan fingerprint density at radius 2 is 2.21 bits per heavy atom. The average Bonchev–Trinajstić information content (AvgIpc) is 2.95. The maximum absolute atomic E-state index is 11.9. The number of carbonyl (C=O) groups excluding carboxylic acids is 1. The number of hydrogen-bond donors (Lipinski definition) is 2. The van der Waals surface area contributed by atoms with Gasteiger partial charge in [0.15, 0.2) is 5.16 Å². The van der Waals surface area contributed by atoms with Crippen molar-refractivity contribution in [3.8, 4) is 5.88 Å². The predicted octanol–water partition coefficient (Wildman–Crippen LogP) is 2.56. The number of nitrogens with two attached hydrogens (primary N) is 1. The van der Waals surface area contributed by atoms with Gasteiger partial charge in [0.2, 0.25) is 5.88 Å². The van der Waals surface area contributed by atoms with Crippen LogP contribution in [0.1, 0.15) is 29.9 Å². The summed E-state index contributed by atoms with van der Waals surface area (Å²) in [7, 11) is 0. The summed E-state index contributed by atoms with van der Waals surface area (Å²) >= 11 is 1.37. The van der Waals surface area contributed by atoms with E-state index in [4.69, 9.17) is 10.5 Å². The highest BCUT2D eigenvalue weighted by Crippen LogP contribution is 2.33. The van der Waals surface area contributed by atoms with E-state index in [1.165, 1.54) is 11.8 Å². The van der Waals surface area contributed by atoms with Crippen molar-refractivity contribution < 1.29 is 9.53 Å². The molecule has 3 aromatic heterocycles. The fraction of sp³-hybridized carbons (Fsp3) is 0.250. The van der Waals surface area contributed by atoms with Gasteiger partial charge in [0, 0.05) is 23.0 Å². The number of hydrogen-bond acceptors (Lipinski definition) is 6. The summed E-state index contributed by atoms with van der Waals surface area (Å²) in [5.74, 6) is -0.158. The Hall–Kier alpha value is -2.61. The van der Waals surface area contributed by atoms with Gasteiger partial charge in [-0.05, 0) is 37.2 Å². The van der Waals surface area contributed by atoms with E-state index in [2.05, 4.69) is 19.9 Å². The number of rotatable bonds is 6. The summed E-state index contributed by atoms with van der Waals surface area (Å²) in [5, 5.41) is 1.05. The lowest BCUT2D eigenvalue weighted by atomic mass is 10.1. The lowest BCUT2D eigenvalue weighted by molar-refractivity contribution is 0.100. The van der Waals surface area contributed by atoms with Crippen LogP contribution in [-0.4, -0.2) is 32.4 Å². The molecule has 0 spiro atoms. The minimum Gasteiger partial charge on any atom is -0.477 e. The maximum Gasteiger partial charge on any atom is 0.251 e. The van der Waals surface area contributed by atoms with Crippen molar-refractivity contribution in [1.29, 1.82) is 0 Å². The van der Waals surface area contributed by atoms with Crippen LogP contribution in [0.25, 0.3) is 11.0 Å². The van der Waals surface area contributed by atoms with Crippen molar-refractivity contribution in [3.05, 3.63) is 35.8 Å². The van der Waals surface area contributed by atoms with E-state index in [1.807, 2.05) is 26.0 Å². The Labute approximate surface area is 143 Å². The molecule has 0 unspecified atom stereocenters. The highest BCUT2D eigenvalue weighted by Gasteiger charge is 2.22.